The zero-order chi connectivity index (χ0) is 18.6. The lowest BCUT2D eigenvalue weighted by molar-refractivity contribution is 0.125. The van der Waals surface area contributed by atoms with E-state index < -0.39 is 0 Å². The number of anilines is 1. The molecule has 4 rings (SSSR count). The fraction of sp³-hybridized carbons (Fsp3) is 0.200. The molecular formula is C20H19FN4O2. The van der Waals surface area contributed by atoms with Crippen LogP contribution in [0.15, 0.2) is 64.1 Å². The van der Waals surface area contributed by atoms with Crippen molar-refractivity contribution in [2.45, 2.75) is 12.8 Å². The summed E-state index contributed by atoms with van der Waals surface area (Å²) in [6, 6.07) is 16.5. The lowest BCUT2D eigenvalue weighted by Gasteiger charge is -2.14. The number of rotatable bonds is 4. The molecule has 0 amide bonds. The van der Waals surface area contributed by atoms with Crippen LogP contribution in [0.2, 0.25) is 0 Å². The SMILES string of the molecule is CC(c1ccc(-c2ccccc2)c(F)c1)c1cc(NC2=NCOCN2)no1. The molecule has 27 heavy (non-hydrogen) atoms. The van der Waals surface area contributed by atoms with Crippen LogP contribution in [-0.4, -0.2) is 24.6 Å². The van der Waals surface area contributed by atoms with E-state index in [2.05, 4.69) is 20.8 Å². The zero-order valence-electron chi connectivity index (χ0n) is 14.8. The minimum absolute atomic E-state index is 0.142. The van der Waals surface area contributed by atoms with Gasteiger partial charge in [0, 0.05) is 17.5 Å². The summed E-state index contributed by atoms with van der Waals surface area (Å²) >= 11 is 0. The Labute approximate surface area is 156 Å². The number of aromatic nitrogens is 1. The first-order chi connectivity index (χ1) is 13.2. The number of hydrogen-bond donors (Lipinski definition) is 2. The Balaban J connectivity index is 1.52. The molecular weight excluding hydrogens is 347 g/mol. The van der Waals surface area contributed by atoms with Gasteiger partial charge in [0.2, 0.25) is 5.96 Å². The van der Waals surface area contributed by atoms with Crippen molar-refractivity contribution in [1.82, 2.24) is 10.5 Å². The molecule has 1 unspecified atom stereocenters. The molecule has 6 nitrogen and oxygen atoms in total. The van der Waals surface area contributed by atoms with Gasteiger partial charge >= 0.3 is 0 Å². The van der Waals surface area contributed by atoms with Crippen molar-refractivity contribution >= 4 is 11.8 Å². The molecule has 0 saturated carbocycles. The third-order valence-electron chi connectivity index (χ3n) is 4.44. The molecule has 1 aliphatic heterocycles. The Morgan fingerprint density at radius 2 is 2.00 bits per heavy atom. The van der Waals surface area contributed by atoms with Crippen LogP contribution in [0.25, 0.3) is 11.1 Å². The molecule has 1 atom stereocenters. The van der Waals surface area contributed by atoms with Gasteiger partial charge in [-0.25, -0.2) is 9.38 Å². The van der Waals surface area contributed by atoms with E-state index in [4.69, 9.17) is 9.26 Å². The number of halogens is 1. The first-order valence-electron chi connectivity index (χ1n) is 8.65. The molecule has 0 radical (unpaired) electrons. The van der Waals surface area contributed by atoms with Gasteiger partial charge in [-0.15, -0.1) is 0 Å². The number of aliphatic imine (C=N–C) groups is 1. The summed E-state index contributed by atoms with van der Waals surface area (Å²) in [4.78, 5) is 4.13. The number of nitrogens with zero attached hydrogens (tertiary/aromatic N) is 2. The third-order valence-corrected chi connectivity index (χ3v) is 4.44. The van der Waals surface area contributed by atoms with E-state index in [0.29, 0.717) is 36.6 Å². The fourth-order valence-electron chi connectivity index (χ4n) is 2.91. The van der Waals surface area contributed by atoms with Gasteiger partial charge in [0.15, 0.2) is 5.82 Å². The van der Waals surface area contributed by atoms with Crippen molar-refractivity contribution in [3.05, 3.63) is 71.7 Å². The van der Waals surface area contributed by atoms with Crippen molar-refractivity contribution in [3.63, 3.8) is 0 Å². The smallest absolute Gasteiger partial charge is 0.201 e. The maximum atomic E-state index is 14.6. The Kier molecular flexibility index (Phi) is 4.84. The second-order valence-corrected chi connectivity index (χ2v) is 6.23. The van der Waals surface area contributed by atoms with Gasteiger partial charge in [-0.2, -0.15) is 0 Å². The van der Waals surface area contributed by atoms with E-state index in [-0.39, 0.29) is 11.7 Å². The molecule has 2 heterocycles. The summed E-state index contributed by atoms with van der Waals surface area (Å²) in [5.41, 5.74) is 2.25. The Morgan fingerprint density at radius 3 is 2.74 bits per heavy atom. The molecule has 0 bridgehead atoms. The van der Waals surface area contributed by atoms with Crippen LogP contribution in [-0.2, 0) is 4.74 Å². The topological polar surface area (TPSA) is 71.7 Å². The molecule has 0 spiro atoms. The van der Waals surface area contributed by atoms with Crippen LogP contribution in [0.1, 0.15) is 24.2 Å². The van der Waals surface area contributed by atoms with Gasteiger partial charge in [0.05, 0.1) is 0 Å². The molecule has 0 fully saturated rings. The summed E-state index contributed by atoms with van der Waals surface area (Å²) in [6.45, 7) is 2.63. The largest absolute Gasteiger partial charge is 0.359 e. The highest BCUT2D eigenvalue weighted by atomic mass is 19.1. The average Bonchev–Trinajstić information content (AvgIpc) is 3.17. The Hall–Kier alpha value is -3.19. The standard InChI is InChI=1S/C20H19FN4O2/c1-13(18-10-19(25-27-18)24-20-22-11-26-12-23-20)15-7-8-16(17(21)9-15)14-5-3-2-4-6-14/h2-10,13H,11-12H2,1H3,(H2,22,23,24,25). The van der Waals surface area contributed by atoms with E-state index >= 15 is 0 Å². The highest BCUT2D eigenvalue weighted by Crippen LogP contribution is 2.30. The van der Waals surface area contributed by atoms with Crippen LogP contribution in [0.3, 0.4) is 0 Å². The van der Waals surface area contributed by atoms with Crippen molar-refractivity contribution < 1.29 is 13.7 Å². The van der Waals surface area contributed by atoms with E-state index in [0.717, 1.165) is 11.1 Å². The molecule has 1 aromatic heterocycles. The second kappa shape index (κ2) is 7.59. The fourth-order valence-corrected chi connectivity index (χ4v) is 2.91. The molecule has 1 aliphatic rings. The van der Waals surface area contributed by atoms with E-state index in [1.807, 2.05) is 43.3 Å². The van der Waals surface area contributed by atoms with Gasteiger partial charge in [0.1, 0.15) is 25.0 Å². The van der Waals surface area contributed by atoms with Crippen molar-refractivity contribution in [3.8, 4) is 11.1 Å². The quantitative estimate of drug-likeness (QED) is 0.732. The minimum atomic E-state index is -0.260. The molecule has 0 aliphatic carbocycles. The summed E-state index contributed by atoms with van der Waals surface area (Å²) < 4.78 is 25.1. The van der Waals surface area contributed by atoms with Crippen LogP contribution >= 0.6 is 0 Å². The Morgan fingerprint density at radius 1 is 1.15 bits per heavy atom. The normalized spacial score (nSPS) is 15.0. The molecule has 2 N–H and O–H groups in total. The number of guanidine groups is 1. The molecule has 138 valence electrons. The highest BCUT2D eigenvalue weighted by molar-refractivity contribution is 5.92. The summed E-state index contributed by atoms with van der Waals surface area (Å²) in [6.07, 6.45) is 0. The number of ether oxygens (including phenoxy) is 1. The van der Waals surface area contributed by atoms with E-state index in [1.165, 1.54) is 0 Å². The predicted octanol–water partition coefficient (Wildman–Crippen LogP) is 3.94. The predicted molar refractivity (Wildman–Crippen MR) is 101 cm³/mol. The minimum Gasteiger partial charge on any atom is -0.359 e. The molecule has 0 saturated heterocycles. The second-order valence-electron chi connectivity index (χ2n) is 6.23. The maximum Gasteiger partial charge on any atom is 0.201 e. The molecule has 3 aromatic rings. The van der Waals surface area contributed by atoms with Gasteiger partial charge in [-0.3, -0.25) is 0 Å². The van der Waals surface area contributed by atoms with Crippen LogP contribution in [0.4, 0.5) is 10.2 Å². The zero-order valence-corrected chi connectivity index (χ0v) is 14.8. The van der Waals surface area contributed by atoms with Gasteiger partial charge < -0.3 is 19.9 Å². The van der Waals surface area contributed by atoms with E-state index in [9.17, 15) is 4.39 Å². The molecule has 7 heteroatoms. The summed E-state index contributed by atoms with van der Waals surface area (Å²) in [7, 11) is 0. The Bertz CT molecular complexity index is 956. The van der Waals surface area contributed by atoms with Crippen LogP contribution in [0.5, 0.6) is 0 Å². The monoisotopic (exact) mass is 366 g/mol. The summed E-state index contributed by atoms with van der Waals surface area (Å²) in [5, 5.41) is 9.98. The first-order valence-corrected chi connectivity index (χ1v) is 8.65. The first kappa shape index (κ1) is 17.2. The highest BCUT2D eigenvalue weighted by Gasteiger charge is 2.17. The van der Waals surface area contributed by atoms with Gasteiger partial charge in [0.25, 0.3) is 0 Å². The molecule has 2 aromatic carbocycles. The van der Waals surface area contributed by atoms with Gasteiger partial charge in [-0.1, -0.05) is 54.5 Å². The maximum absolute atomic E-state index is 14.6. The van der Waals surface area contributed by atoms with Crippen LogP contribution < -0.4 is 10.6 Å². The van der Waals surface area contributed by atoms with Gasteiger partial charge in [-0.05, 0) is 17.2 Å². The van der Waals surface area contributed by atoms with Crippen molar-refractivity contribution in [1.29, 1.82) is 0 Å². The van der Waals surface area contributed by atoms with Crippen molar-refractivity contribution in [2.24, 2.45) is 4.99 Å². The average molecular weight is 366 g/mol. The van der Waals surface area contributed by atoms with Crippen LogP contribution in [0, 0.1) is 5.82 Å². The number of benzene rings is 2. The number of nitrogens with one attached hydrogen (secondary N) is 2. The van der Waals surface area contributed by atoms with E-state index in [1.54, 1.807) is 18.2 Å². The van der Waals surface area contributed by atoms with Crippen molar-refractivity contribution in [2.75, 3.05) is 18.8 Å². The lowest BCUT2D eigenvalue weighted by Crippen LogP contribution is -2.36. The lowest BCUT2D eigenvalue weighted by atomic mass is 9.95. The number of hydrogen-bond acceptors (Lipinski definition) is 6. The third kappa shape index (κ3) is 3.83. The summed E-state index contributed by atoms with van der Waals surface area (Å²) in [5.74, 6) is 1.34.